The van der Waals surface area contributed by atoms with E-state index in [9.17, 15) is 8.42 Å². The quantitative estimate of drug-likeness (QED) is 0.595. The molecule has 0 radical (unpaired) electrons. The number of rotatable bonds is 6. The number of hydrogen-bond acceptors (Lipinski definition) is 2. The summed E-state index contributed by atoms with van der Waals surface area (Å²) in [6.45, 7) is 0. The molecule has 0 saturated heterocycles. The molecule has 0 amide bonds. The van der Waals surface area contributed by atoms with Crippen molar-refractivity contribution in [3.63, 3.8) is 0 Å². The summed E-state index contributed by atoms with van der Waals surface area (Å²) in [6.07, 6.45) is 0. The van der Waals surface area contributed by atoms with E-state index in [0.717, 1.165) is 16.7 Å². The third-order valence-corrected chi connectivity index (χ3v) is 6.01. The third-order valence-electron chi connectivity index (χ3n) is 3.93. The van der Waals surface area contributed by atoms with Crippen LogP contribution < -0.4 is 4.72 Å². The van der Waals surface area contributed by atoms with Crippen LogP contribution in [0.1, 0.15) is 22.7 Å². The third kappa shape index (κ3) is 4.37. The molecule has 0 aliphatic rings. The molecule has 3 aromatic carbocycles. The molecule has 0 aliphatic carbocycles. The molecule has 0 aromatic heterocycles. The molecule has 3 nitrogen and oxygen atoms in total. The first kappa shape index (κ1) is 17.9. The minimum atomic E-state index is -3.65. The molecule has 128 valence electrons. The summed E-state index contributed by atoms with van der Waals surface area (Å²) in [6, 6.07) is 25.6. The summed E-state index contributed by atoms with van der Waals surface area (Å²) in [5, 5.41) is 0.692. The highest BCUT2D eigenvalue weighted by molar-refractivity contribution is 9.08. The van der Waals surface area contributed by atoms with Gasteiger partial charge in [0.2, 0.25) is 10.0 Å². The number of hydrogen-bond donors (Lipinski definition) is 1. The predicted octanol–water partition coefficient (Wildman–Crippen LogP) is 4.65. The highest BCUT2D eigenvalue weighted by Gasteiger charge is 2.22. The van der Waals surface area contributed by atoms with E-state index >= 15 is 0 Å². The van der Waals surface area contributed by atoms with Crippen LogP contribution >= 0.6 is 15.9 Å². The monoisotopic (exact) mass is 415 g/mol. The fourth-order valence-corrected chi connectivity index (χ4v) is 4.19. The Bertz CT molecular complexity index is 871. The van der Waals surface area contributed by atoms with E-state index in [0.29, 0.717) is 5.33 Å². The lowest BCUT2D eigenvalue weighted by molar-refractivity contribution is 0.572. The van der Waals surface area contributed by atoms with Gasteiger partial charge in [-0.2, -0.15) is 4.72 Å². The molecule has 5 heteroatoms. The van der Waals surface area contributed by atoms with Gasteiger partial charge in [-0.15, -0.1) is 0 Å². The summed E-state index contributed by atoms with van der Waals surface area (Å²) in [7, 11) is -3.65. The molecule has 0 heterocycles. The number of halogens is 1. The fraction of sp³-hybridized carbons (Fsp3) is 0.100. The van der Waals surface area contributed by atoms with Gasteiger partial charge >= 0.3 is 0 Å². The van der Waals surface area contributed by atoms with Crippen LogP contribution in [0.3, 0.4) is 0 Å². The molecular weight excluding hydrogens is 398 g/mol. The van der Waals surface area contributed by atoms with Crippen LogP contribution in [-0.2, 0) is 15.4 Å². The van der Waals surface area contributed by atoms with Crippen molar-refractivity contribution in [2.75, 3.05) is 0 Å². The van der Waals surface area contributed by atoms with E-state index in [4.69, 9.17) is 0 Å². The summed E-state index contributed by atoms with van der Waals surface area (Å²) in [5.41, 5.74) is 2.82. The van der Waals surface area contributed by atoms with Crippen LogP contribution in [0.15, 0.2) is 89.8 Å². The van der Waals surface area contributed by atoms with E-state index in [-0.39, 0.29) is 4.90 Å². The Hall–Kier alpha value is -1.95. The van der Waals surface area contributed by atoms with Gasteiger partial charge in [0.15, 0.2) is 0 Å². The minimum Gasteiger partial charge on any atom is -0.207 e. The maximum Gasteiger partial charge on any atom is 0.241 e. The molecule has 0 bridgehead atoms. The lowest BCUT2D eigenvalue weighted by Gasteiger charge is -2.20. The first-order valence-corrected chi connectivity index (χ1v) is 10.5. The van der Waals surface area contributed by atoms with Crippen LogP contribution in [0.4, 0.5) is 0 Å². The second kappa shape index (κ2) is 7.95. The van der Waals surface area contributed by atoms with Gasteiger partial charge in [-0.25, -0.2) is 8.42 Å². The highest BCUT2D eigenvalue weighted by atomic mass is 79.9. The van der Waals surface area contributed by atoms with Gasteiger partial charge < -0.3 is 0 Å². The summed E-state index contributed by atoms with van der Waals surface area (Å²) >= 11 is 3.37. The van der Waals surface area contributed by atoms with Gasteiger partial charge in [0.1, 0.15) is 0 Å². The molecule has 0 saturated carbocycles. The summed E-state index contributed by atoms with van der Waals surface area (Å²) < 4.78 is 28.6. The van der Waals surface area contributed by atoms with E-state index in [1.807, 2.05) is 72.8 Å². The van der Waals surface area contributed by atoms with Crippen molar-refractivity contribution in [3.8, 4) is 0 Å². The standard InChI is InChI=1S/C20H18BrNO2S/c21-15-16-11-13-19(14-12-16)25(23,24)22-20(17-7-3-1-4-8-17)18-9-5-2-6-10-18/h1-14,20,22H,15H2. The molecule has 25 heavy (non-hydrogen) atoms. The normalized spacial score (nSPS) is 11.6. The van der Waals surface area contributed by atoms with Crippen LogP contribution in [0.5, 0.6) is 0 Å². The summed E-state index contributed by atoms with van der Waals surface area (Å²) in [4.78, 5) is 0.258. The van der Waals surface area contributed by atoms with E-state index in [1.165, 1.54) is 0 Å². The number of benzene rings is 3. The first-order valence-electron chi connectivity index (χ1n) is 7.87. The molecule has 1 N–H and O–H groups in total. The van der Waals surface area contributed by atoms with Crippen LogP contribution in [0.2, 0.25) is 0 Å². The number of alkyl halides is 1. The first-order chi connectivity index (χ1) is 12.1. The topological polar surface area (TPSA) is 46.2 Å². The molecule has 0 aliphatic heterocycles. The average molecular weight is 416 g/mol. The Kier molecular flexibility index (Phi) is 5.68. The van der Waals surface area contributed by atoms with Gasteiger partial charge in [-0.3, -0.25) is 0 Å². The Balaban J connectivity index is 1.97. The Morgan fingerprint density at radius 3 is 1.68 bits per heavy atom. The van der Waals surface area contributed by atoms with Crippen molar-refractivity contribution in [2.24, 2.45) is 0 Å². The number of sulfonamides is 1. The van der Waals surface area contributed by atoms with E-state index in [1.54, 1.807) is 12.1 Å². The summed E-state index contributed by atoms with van der Waals surface area (Å²) in [5.74, 6) is 0. The van der Waals surface area contributed by atoms with Crippen molar-refractivity contribution in [3.05, 3.63) is 102 Å². The molecule has 0 spiro atoms. The minimum absolute atomic E-state index is 0.258. The Morgan fingerprint density at radius 2 is 1.24 bits per heavy atom. The second-order valence-electron chi connectivity index (χ2n) is 5.65. The zero-order chi connectivity index (χ0) is 17.7. The van der Waals surface area contributed by atoms with Crippen molar-refractivity contribution in [1.29, 1.82) is 0 Å². The van der Waals surface area contributed by atoms with Gasteiger partial charge in [0.05, 0.1) is 10.9 Å². The van der Waals surface area contributed by atoms with Crippen LogP contribution in [0.25, 0.3) is 0 Å². The van der Waals surface area contributed by atoms with E-state index in [2.05, 4.69) is 20.7 Å². The molecule has 0 unspecified atom stereocenters. The van der Waals surface area contributed by atoms with Crippen molar-refractivity contribution >= 4 is 26.0 Å². The lowest BCUT2D eigenvalue weighted by atomic mass is 10.00. The zero-order valence-electron chi connectivity index (χ0n) is 13.5. The molecule has 0 fully saturated rings. The molecule has 3 rings (SSSR count). The van der Waals surface area contributed by atoms with Gasteiger partial charge in [0, 0.05) is 5.33 Å². The highest BCUT2D eigenvalue weighted by Crippen LogP contribution is 2.24. The van der Waals surface area contributed by atoms with Crippen LogP contribution in [0, 0.1) is 0 Å². The Labute approximate surface area is 156 Å². The van der Waals surface area contributed by atoms with Crippen LogP contribution in [-0.4, -0.2) is 8.42 Å². The molecule has 3 aromatic rings. The van der Waals surface area contributed by atoms with E-state index < -0.39 is 16.1 Å². The maximum atomic E-state index is 12.9. The Morgan fingerprint density at radius 1 is 0.760 bits per heavy atom. The van der Waals surface area contributed by atoms with Crippen molar-refractivity contribution in [1.82, 2.24) is 4.72 Å². The van der Waals surface area contributed by atoms with Gasteiger partial charge in [-0.1, -0.05) is 88.7 Å². The predicted molar refractivity (Wildman–Crippen MR) is 104 cm³/mol. The van der Waals surface area contributed by atoms with Crippen molar-refractivity contribution in [2.45, 2.75) is 16.3 Å². The zero-order valence-corrected chi connectivity index (χ0v) is 15.9. The lowest BCUT2D eigenvalue weighted by Crippen LogP contribution is -2.29. The maximum absolute atomic E-state index is 12.9. The fourth-order valence-electron chi connectivity index (χ4n) is 2.60. The number of nitrogens with one attached hydrogen (secondary N) is 1. The van der Waals surface area contributed by atoms with Gasteiger partial charge in [0.25, 0.3) is 0 Å². The second-order valence-corrected chi connectivity index (χ2v) is 7.93. The SMILES string of the molecule is O=S(=O)(NC(c1ccccc1)c1ccccc1)c1ccc(CBr)cc1. The van der Waals surface area contributed by atoms with Gasteiger partial charge in [-0.05, 0) is 28.8 Å². The smallest absolute Gasteiger partial charge is 0.207 e. The largest absolute Gasteiger partial charge is 0.241 e. The average Bonchev–Trinajstić information content (AvgIpc) is 2.67. The molecular formula is C20H18BrNO2S. The van der Waals surface area contributed by atoms with Crippen molar-refractivity contribution < 1.29 is 8.42 Å². The molecule has 0 atom stereocenters.